The number of allylic oxidation sites excluding steroid dienone is 1. The largest absolute Gasteiger partial charge is 0.297 e. The van der Waals surface area contributed by atoms with Crippen LogP contribution in [0, 0.1) is 10.1 Å². The van der Waals surface area contributed by atoms with Gasteiger partial charge in [0, 0.05) is 4.92 Å². The highest BCUT2D eigenvalue weighted by atomic mass is 16.6. The molecule has 0 heterocycles. The maximum Gasteiger partial charge on any atom is 0.238 e. The topological polar surface area (TPSA) is 46.4 Å². The highest BCUT2D eigenvalue weighted by Crippen LogP contribution is 2.32. The van der Waals surface area contributed by atoms with Gasteiger partial charge in [-0.1, -0.05) is 42.5 Å². The van der Waals surface area contributed by atoms with Crippen LogP contribution < -0.4 is 0 Å². The lowest BCUT2D eigenvalue weighted by Gasteiger charge is -2.32. The van der Waals surface area contributed by atoms with Gasteiger partial charge in [-0.05, 0) is 26.1 Å². The summed E-state index contributed by atoms with van der Waals surface area (Å²) in [4.78, 5) is 13.2. The lowest BCUT2D eigenvalue weighted by molar-refractivity contribution is -0.532. The van der Waals surface area contributed by atoms with Crippen LogP contribution in [0.15, 0.2) is 42.5 Å². The molecule has 0 radical (unpaired) electrons. The zero-order chi connectivity index (χ0) is 13.1. The molecule has 0 aromatic heterocycles. The molecule has 18 heavy (non-hydrogen) atoms. The Balaban J connectivity index is 2.35. The Morgan fingerprint density at radius 3 is 2.50 bits per heavy atom. The van der Waals surface area contributed by atoms with E-state index in [0.717, 1.165) is 12.0 Å². The summed E-state index contributed by atoms with van der Waals surface area (Å²) in [5.74, 6) is -0.0430. The average Bonchev–Trinajstić information content (AvgIpc) is 2.38. The van der Waals surface area contributed by atoms with Gasteiger partial charge in [-0.2, -0.15) is 0 Å². The lowest BCUT2D eigenvalue weighted by Crippen LogP contribution is -2.47. The standard InChI is InChI=1S/C14H18N2O2/c1-15(2)13-10-6-9-12(14(13)16(17)18)11-7-4-3-5-8-11/h3-8,10,12-14H,9H2,1-2H3/t12-,13-,14-/m0/s1. The highest BCUT2D eigenvalue weighted by molar-refractivity contribution is 5.25. The van der Waals surface area contributed by atoms with Gasteiger partial charge < -0.3 is 0 Å². The van der Waals surface area contributed by atoms with Gasteiger partial charge in [0.1, 0.15) is 0 Å². The molecule has 1 aromatic rings. The van der Waals surface area contributed by atoms with Crippen molar-refractivity contribution in [2.24, 2.45) is 0 Å². The molecule has 0 saturated carbocycles. The predicted octanol–water partition coefficient (Wildman–Crippen LogP) is 2.31. The van der Waals surface area contributed by atoms with Crippen LogP contribution >= 0.6 is 0 Å². The molecular formula is C14H18N2O2. The van der Waals surface area contributed by atoms with Gasteiger partial charge in [-0.25, -0.2) is 0 Å². The van der Waals surface area contributed by atoms with Crippen molar-refractivity contribution in [1.82, 2.24) is 4.90 Å². The molecule has 1 aliphatic rings. The monoisotopic (exact) mass is 246 g/mol. The maximum atomic E-state index is 11.4. The van der Waals surface area contributed by atoms with Crippen LogP contribution in [0.5, 0.6) is 0 Å². The fourth-order valence-corrected chi connectivity index (χ4v) is 2.64. The Hall–Kier alpha value is -1.68. The number of rotatable bonds is 3. The van der Waals surface area contributed by atoms with E-state index in [9.17, 15) is 10.1 Å². The Labute approximate surface area is 107 Å². The van der Waals surface area contributed by atoms with E-state index in [1.807, 2.05) is 55.4 Å². The smallest absolute Gasteiger partial charge is 0.238 e. The molecule has 1 aromatic carbocycles. The van der Waals surface area contributed by atoms with Crippen molar-refractivity contribution in [2.75, 3.05) is 14.1 Å². The third-order valence-electron chi connectivity index (χ3n) is 3.55. The minimum atomic E-state index is -0.576. The minimum absolute atomic E-state index is 0.0430. The third kappa shape index (κ3) is 2.43. The Morgan fingerprint density at radius 2 is 1.94 bits per heavy atom. The number of benzene rings is 1. The lowest BCUT2D eigenvalue weighted by atomic mass is 9.81. The summed E-state index contributed by atoms with van der Waals surface area (Å²) >= 11 is 0. The Kier molecular flexibility index (Phi) is 3.77. The summed E-state index contributed by atoms with van der Waals surface area (Å²) in [7, 11) is 3.78. The van der Waals surface area contributed by atoms with E-state index in [1.54, 1.807) is 0 Å². The molecule has 96 valence electrons. The molecule has 0 fully saturated rings. The van der Waals surface area contributed by atoms with E-state index >= 15 is 0 Å². The molecule has 0 amide bonds. The van der Waals surface area contributed by atoms with E-state index in [1.165, 1.54) is 0 Å². The van der Waals surface area contributed by atoms with Crippen molar-refractivity contribution in [2.45, 2.75) is 24.4 Å². The van der Waals surface area contributed by atoms with Gasteiger partial charge in [0.15, 0.2) is 0 Å². The molecule has 0 aliphatic heterocycles. The van der Waals surface area contributed by atoms with Crippen LogP contribution in [0.1, 0.15) is 17.9 Å². The molecule has 2 rings (SSSR count). The van der Waals surface area contributed by atoms with Crippen molar-refractivity contribution >= 4 is 0 Å². The molecule has 4 heteroatoms. The first kappa shape index (κ1) is 12.8. The van der Waals surface area contributed by atoms with E-state index in [2.05, 4.69) is 6.08 Å². The van der Waals surface area contributed by atoms with Gasteiger partial charge in [0.2, 0.25) is 6.04 Å². The van der Waals surface area contributed by atoms with E-state index in [-0.39, 0.29) is 16.9 Å². The summed E-state index contributed by atoms with van der Waals surface area (Å²) < 4.78 is 0. The van der Waals surface area contributed by atoms with Crippen LogP contribution in [-0.2, 0) is 0 Å². The highest BCUT2D eigenvalue weighted by Gasteiger charge is 2.41. The Morgan fingerprint density at radius 1 is 1.28 bits per heavy atom. The van der Waals surface area contributed by atoms with Crippen LogP contribution in [-0.4, -0.2) is 36.0 Å². The Bertz CT molecular complexity index is 442. The zero-order valence-corrected chi connectivity index (χ0v) is 10.7. The van der Waals surface area contributed by atoms with Crippen LogP contribution in [0.4, 0.5) is 0 Å². The van der Waals surface area contributed by atoms with Crippen molar-refractivity contribution < 1.29 is 4.92 Å². The summed E-state index contributed by atoms with van der Waals surface area (Å²) in [5.41, 5.74) is 1.05. The average molecular weight is 246 g/mol. The number of hydrogen-bond donors (Lipinski definition) is 0. The second-order valence-corrected chi connectivity index (χ2v) is 4.91. The molecule has 1 aliphatic carbocycles. The second-order valence-electron chi connectivity index (χ2n) is 4.91. The first-order chi connectivity index (χ1) is 8.61. The van der Waals surface area contributed by atoms with Crippen molar-refractivity contribution in [1.29, 1.82) is 0 Å². The predicted molar refractivity (Wildman–Crippen MR) is 71.2 cm³/mol. The third-order valence-corrected chi connectivity index (χ3v) is 3.55. The van der Waals surface area contributed by atoms with Gasteiger partial charge in [0.05, 0.1) is 12.0 Å². The molecule has 4 nitrogen and oxygen atoms in total. The minimum Gasteiger partial charge on any atom is -0.297 e. The van der Waals surface area contributed by atoms with Crippen LogP contribution in [0.25, 0.3) is 0 Å². The van der Waals surface area contributed by atoms with Crippen molar-refractivity contribution in [3.63, 3.8) is 0 Å². The quantitative estimate of drug-likeness (QED) is 0.467. The zero-order valence-electron chi connectivity index (χ0n) is 10.7. The number of nitrogens with zero attached hydrogens (tertiary/aromatic N) is 2. The van der Waals surface area contributed by atoms with Crippen molar-refractivity contribution in [3.8, 4) is 0 Å². The van der Waals surface area contributed by atoms with E-state index in [4.69, 9.17) is 0 Å². The summed E-state index contributed by atoms with van der Waals surface area (Å²) in [6.45, 7) is 0. The van der Waals surface area contributed by atoms with E-state index < -0.39 is 6.04 Å². The molecule has 0 unspecified atom stereocenters. The SMILES string of the molecule is CN(C)[C@H]1C=CC[C@@H](c2ccccc2)[C@@H]1[N+](=O)[O-]. The fraction of sp³-hybridized carbons (Fsp3) is 0.429. The van der Waals surface area contributed by atoms with E-state index in [0.29, 0.717) is 0 Å². The number of nitro groups is 1. The second kappa shape index (κ2) is 5.31. The molecule has 0 bridgehead atoms. The molecule has 0 N–H and O–H groups in total. The first-order valence-electron chi connectivity index (χ1n) is 6.13. The van der Waals surface area contributed by atoms with Gasteiger partial charge in [-0.3, -0.25) is 15.0 Å². The number of hydrogen-bond acceptors (Lipinski definition) is 3. The van der Waals surface area contributed by atoms with Gasteiger partial charge in [-0.15, -0.1) is 0 Å². The molecule has 0 spiro atoms. The normalized spacial score (nSPS) is 27.4. The fourth-order valence-electron chi connectivity index (χ4n) is 2.64. The summed E-state index contributed by atoms with van der Waals surface area (Å²) in [6.07, 6.45) is 4.75. The summed E-state index contributed by atoms with van der Waals surface area (Å²) in [6, 6.07) is 9.06. The van der Waals surface area contributed by atoms with Crippen molar-refractivity contribution in [3.05, 3.63) is 58.2 Å². The number of likely N-dealkylation sites (N-methyl/N-ethyl adjacent to an activating group) is 1. The molecule has 3 atom stereocenters. The molecule has 0 saturated heterocycles. The van der Waals surface area contributed by atoms with Gasteiger partial charge in [0.25, 0.3) is 0 Å². The first-order valence-corrected chi connectivity index (χ1v) is 6.13. The maximum absolute atomic E-state index is 11.4. The van der Waals surface area contributed by atoms with Crippen LogP contribution in [0.2, 0.25) is 0 Å². The van der Waals surface area contributed by atoms with Crippen LogP contribution in [0.3, 0.4) is 0 Å². The van der Waals surface area contributed by atoms with Gasteiger partial charge >= 0.3 is 0 Å². The summed E-state index contributed by atoms with van der Waals surface area (Å²) in [5, 5.41) is 11.4. The molecular weight excluding hydrogens is 228 g/mol.